The zero-order chi connectivity index (χ0) is 15.7. The Morgan fingerprint density at radius 3 is 2.33 bits per heavy atom. The largest absolute Gasteiger partial charge is 0.500 e. The molecule has 0 saturated carbocycles. The van der Waals surface area contributed by atoms with Crippen LogP contribution in [-0.2, 0) is 13.3 Å². The third-order valence-corrected chi connectivity index (χ3v) is 6.62. The molecule has 0 aliphatic carbocycles. The molecule has 0 bridgehead atoms. The molecule has 0 aromatic rings. The standard InChI is InChI=1S/C14H31N3O3Si/c1-15(2)11-12-17-9-6-8-16(14-17)10-7-13-21(18-3,19-4)20-5/h6,9H,7-8,10-14H2,1-5H3. The number of nitrogens with zero attached hydrogens (tertiary/aromatic N) is 3. The first kappa shape index (κ1) is 18.6. The first-order valence-corrected chi connectivity index (χ1v) is 9.41. The monoisotopic (exact) mass is 317 g/mol. The maximum absolute atomic E-state index is 5.46. The van der Waals surface area contributed by atoms with Crippen LogP contribution in [0.25, 0.3) is 0 Å². The van der Waals surface area contributed by atoms with Crippen LogP contribution in [0.2, 0.25) is 6.04 Å². The molecule has 0 atom stereocenters. The van der Waals surface area contributed by atoms with E-state index in [0.29, 0.717) is 0 Å². The van der Waals surface area contributed by atoms with Crippen LogP contribution in [0.5, 0.6) is 0 Å². The van der Waals surface area contributed by atoms with E-state index in [9.17, 15) is 0 Å². The molecule has 0 saturated heterocycles. The van der Waals surface area contributed by atoms with Gasteiger partial charge in [0.1, 0.15) is 0 Å². The molecule has 1 aliphatic rings. The average Bonchev–Trinajstić information content (AvgIpc) is 2.50. The first-order valence-electron chi connectivity index (χ1n) is 7.48. The summed E-state index contributed by atoms with van der Waals surface area (Å²) in [4.78, 5) is 7.01. The molecule has 1 heterocycles. The third-order valence-electron chi connectivity index (χ3n) is 3.79. The lowest BCUT2D eigenvalue weighted by Gasteiger charge is -2.34. The van der Waals surface area contributed by atoms with E-state index in [2.05, 4.69) is 41.1 Å². The highest BCUT2D eigenvalue weighted by Gasteiger charge is 2.37. The number of hydrogen-bond donors (Lipinski definition) is 0. The molecular weight excluding hydrogens is 286 g/mol. The van der Waals surface area contributed by atoms with Crippen LogP contribution in [0.3, 0.4) is 0 Å². The maximum atomic E-state index is 5.46. The van der Waals surface area contributed by atoms with Crippen molar-refractivity contribution >= 4 is 8.80 Å². The van der Waals surface area contributed by atoms with Gasteiger partial charge in [-0.15, -0.1) is 0 Å². The number of hydrogen-bond acceptors (Lipinski definition) is 6. The van der Waals surface area contributed by atoms with Crippen molar-refractivity contribution < 1.29 is 13.3 Å². The van der Waals surface area contributed by atoms with E-state index in [1.165, 1.54) is 0 Å². The zero-order valence-electron chi connectivity index (χ0n) is 14.2. The van der Waals surface area contributed by atoms with Gasteiger partial charge in [-0.05, 0) is 26.7 Å². The topological polar surface area (TPSA) is 37.4 Å². The van der Waals surface area contributed by atoms with Crippen molar-refractivity contribution in [3.63, 3.8) is 0 Å². The first-order chi connectivity index (χ1) is 10.0. The van der Waals surface area contributed by atoms with Crippen LogP contribution < -0.4 is 0 Å². The molecule has 0 aromatic heterocycles. The fourth-order valence-corrected chi connectivity index (χ4v) is 4.12. The Balaban J connectivity index is 2.31. The van der Waals surface area contributed by atoms with Crippen molar-refractivity contribution in [3.05, 3.63) is 12.3 Å². The van der Waals surface area contributed by atoms with Gasteiger partial charge in [-0.2, -0.15) is 0 Å². The van der Waals surface area contributed by atoms with Crippen LogP contribution in [0.15, 0.2) is 12.3 Å². The molecule has 7 heteroatoms. The molecule has 0 N–H and O–H groups in total. The van der Waals surface area contributed by atoms with Gasteiger partial charge >= 0.3 is 8.80 Å². The van der Waals surface area contributed by atoms with Gasteiger partial charge in [0.2, 0.25) is 0 Å². The van der Waals surface area contributed by atoms with Crippen LogP contribution in [0, 0.1) is 0 Å². The van der Waals surface area contributed by atoms with Crippen molar-refractivity contribution in [3.8, 4) is 0 Å². The Bertz CT molecular complexity index is 304. The summed E-state index contributed by atoms with van der Waals surface area (Å²) in [6.45, 7) is 5.18. The normalized spacial score (nSPS) is 17.0. The summed E-state index contributed by atoms with van der Waals surface area (Å²) >= 11 is 0. The second-order valence-electron chi connectivity index (χ2n) is 5.62. The fourth-order valence-electron chi connectivity index (χ4n) is 2.42. The Morgan fingerprint density at radius 1 is 1.10 bits per heavy atom. The van der Waals surface area contributed by atoms with E-state index in [1.807, 2.05) is 0 Å². The number of likely N-dealkylation sites (N-methyl/N-ethyl adjacent to an activating group) is 1. The molecule has 1 aliphatic heterocycles. The Kier molecular flexibility index (Phi) is 8.46. The zero-order valence-corrected chi connectivity index (χ0v) is 15.2. The molecule has 0 fully saturated rings. The van der Waals surface area contributed by atoms with Crippen LogP contribution in [0.1, 0.15) is 6.42 Å². The van der Waals surface area contributed by atoms with Gasteiger partial charge in [-0.1, -0.05) is 6.08 Å². The molecule has 0 aromatic carbocycles. The minimum absolute atomic E-state index is 0.856. The van der Waals surface area contributed by atoms with Crippen molar-refractivity contribution in [1.82, 2.24) is 14.7 Å². The van der Waals surface area contributed by atoms with Crippen LogP contribution in [-0.4, -0.2) is 91.8 Å². The summed E-state index contributed by atoms with van der Waals surface area (Å²) in [5.41, 5.74) is 0. The van der Waals surface area contributed by atoms with Crippen molar-refractivity contribution in [2.75, 3.05) is 68.3 Å². The molecule has 0 amide bonds. The SMILES string of the molecule is CO[Si](CCCN1CC=CN(CCN(C)C)C1)(OC)OC. The molecule has 1 rings (SSSR count). The third kappa shape index (κ3) is 6.46. The molecule has 0 spiro atoms. The summed E-state index contributed by atoms with van der Waals surface area (Å²) < 4.78 is 16.4. The highest BCUT2D eigenvalue weighted by Crippen LogP contribution is 2.16. The highest BCUT2D eigenvalue weighted by atomic mass is 28.4. The van der Waals surface area contributed by atoms with Gasteiger partial charge in [0.05, 0.1) is 6.67 Å². The van der Waals surface area contributed by atoms with E-state index < -0.39 is 8.80 Å². The lowest BCUT2D eigenvalue weighted by atomic mass is 10.3. The Hall–Kier alpha value is -0.443. The van der Waals surface area contributed by atoms with Gasteiger partial charge in [-0.3, -0.25) is 4.90 Å². The summed E-state index contributed by atoms with van der Waals surface area (Å²) in [5.74, 6) is 0. The van der Waals surface area contributed by atoms with E-state index in [0.717, 1.165) is 45.3 Å². The molecule has 6 nitrogen and oxygen atoms in total. The summed E-state index contributed by atoms with van der Waals surface area (Å²) in [6, 6.07) is 0.856. The molecule has 21 heavy (non-hydrogen) atoms. The second-order valence-corrected chi connectivity index (χ2v) is 8.71. The van der Waals surface area contributed by atoms with Crippen LogP contribution >= 0.6 is 0 Å². The predicted molar refractivity (Wildman–Crippen MR) is 87.0 cm³/mol. The van der Waals surface area contributed by atoms with E-state index in [4.69, 9.17) is 13.3 Å². The minimum Gasteiger partial charge on any atom is -0.377 e. The minimum atomic E-state index is -2.41. The van der Waals surface area contributed by atoms with Gasteiger partial charge < -0.3 is 23.1 Å². The maximum Gasteiger partial charge on any atom is 0.500 e. The summed E-state index contributed by atoms with van der Waals surface area (Å²) in [6.07, 6.45) is 5.46. The number of rotatable bonds is 10. The second kappa shape index (κ2) is 9.55. The van der Waals surface area contributed by atoms with Gasteiger partial charge in [-0.25, -0.2) is 0 Å². The van der Waals surface area contributed by atoms with Crippen molar-refractivity contribution in [2.24, 2.45) is 0 Å². The quantitative estimate of drug-likeness (QED) is 0.558. The Morgan fingerprint density at radius 2 is 1.76 bits per heavy atom. The Labute approximate surface area is 130 Å². The van der Waals surface area contributed by atoms with E-state index in [1.54, 1.807) is 21.3 Å². The summed E-state index contributed by atoms with van der Waals surface area (Å²) in [7, 11) is 6.82. The van der Waals surface area contributed by atoms with Gasteiger partial charge in [0.15, 0.2) is 0 Å². The molecular formula is C14H31N3O3Si. The smallest absolute Gasteiger partial charge is 0.377 e. The van der Waals surface area contributed by atoms with Crippen molar-refractivity contribution in [2.45, 2.75) is 12.5 Å². The molecule has 0 unspecified atom stereocenters. The van der Waals surface area contributed by atoms with Gasteiger partial charge in [0.25, 0.3) is 0 Å². The lowest BCUT2D eigenvalue weighted by molar-refractivity contribution is 0.118. The molecule has 124 valence electrons. The van der Waals surface area contributed by atoms with Crippen LogP contribution in [0.4, 0.5) is 0 Å². The predicted octanol–water partition coefficient (Wildman–Crippen LogP) is 0.905. The average molecular weight is 318 g/mol. The molecule has 0 radical (unpaired) electrons. The van der Waals surface area contributed by atoms with Crippen molar-refractivity contribution in [1.29, 1.82) is 0 Å². The van der Waals surface area contributed by atoms with Gasteiger partial charge in [0, 0.05) is 53.6 Å². The van der Waals surface area contributed by atoms with E-state index in [-0.39, 0.29) is 0 Å². The lowest BCUT2D eigenvalue weighted by Crippen LogP contribution is -2.45. The van der Waals surface area contributed by atoms with E-state index >= 15 is 0 Å². The summed E-state index contributed by atoms with van der Waals surface area (Å²) in [5, 5.41) is 0. The highest BCUT2D eigenvalue weighted by molar-refractivity contribution is 6.60. The fraction of sp³-hybridized carbons (Fsp3) is 0.857.